The third-order valence-corrected chi connectivity index (χ3v) is 12.3. The van der Waals surface area contributed by atoms with Crippen molar-refractivity contribution in [2.24, 2.45) is 0 Å². The van der Waals surface area contributed by atoms with Gasteiger partial charge < -0.3 is 28.1 Å². The number of hydrogen-bond acceptors (Lipinski definition) is 6. The molecule has 0 saturated heterocycles. The fraction of sp³-hybridized carbons (Fsp3) is 0. The molecule has 0 unspecified atom stereocenters. The van der Waals surface area contributed by atoms with E-state index in [9.17, 15) is 0 Å². The van der Waals surface area contributed by atoms with Gasteiger partial charge in [-0.15, -0.1) is 0 Å². The van der Waals surface area contributed by atoms with Gasteiger partial charge in [0.05, 0.1) is 17.1 Å². The van der Waals surface area contributed by atoms with Gasteiger partial charge in [0.1, 0.15) is 34.2 Å². The average Bonchev–Trinajstić information content (AvgIpc) is 3.93. The maximum atomic E-state index is 6.84. The molecule has 6 nitrogen and oxygen atoms in total. The molecule has 3 heterocycles. The standard InChI is InChI=1S/C58H36N2O4/c1-3-15-37(16-4-1)59(49-26-12-23-46-42-21-7-9-28-51(42)63-57(46)49)39-19-11-20-41(35-39)61-53-34-33-45-44-32-31-40(36-55(44)62-54-30-14-25-48(53)56(45)54)60(38-17-5-2-6-18-38)50-27-13-24-47-43-22-8-10-29-52(43)64-58(47)50/h1-36H. The molecule has 0 atom stereocenters. The number of nitrogens with zero attached hydrogens (tertiary/aromatic N) is 2. The monoisotopic (exact) mass is 824 g/mol. The SMILES string of the molecule is c1ccc(N(c2cccc(Oc3ccc4c5c(cccc35)Oc3cc(N(c5ccccc5)c5cccc6c5oc5ccccc56)ccc3-4)c2)c2cccc3c2oc2ccccc23)cc1. The van der Waals surface area contributed by atoms with E-state index in [4.69, 9.17) is 18.3 Å². The fourth-order valence-electron chi connectivity index (χ4n) is 9.46. The first-order valence-corrected chi connectivity index (χ1v) is 21.4. The summed E-state index contributed by atoms with van der Waals surface area (Å²) in [6.45, 7) is 0. The Kier molecular flexibility index (Phi) is 8.11. The summed E-state index contributed by atoms with van der Waals surface area (Å²) in [7, 11) is 0. The van der Waals surface area contributed by atoms with Gasteiger partial charge in [0, 0.05) is 67.1 Å². The minimum absolute atomic E-state index is 0.707. The first-order valence-electron chi connectivity index (χ1n) is 21.4. The van der Waals surface area contributed by atoms with Crippen LogP contribution in [0.5, 0.6) is 23.0 Å². The summed E-state index contributed by atoms with van der Waals surface area (Å²) in [6.07, 6.45) is 0. The van der Waals surface area contributed by atoms with Crippen LogP contribution in [-0.2, 0) is 0 Å². The molecule has 0 amide bonds. The highest BCUT2D eigenvalue weighted by Gasteiger charge is 2.26. The topological polar surface area (TPSA) is 51.2 Å². The van der Waals surface area contributed by atoms with E-state index in [1.165, 1.54) is 0 Å². The van der Waals surface area contributed by atoms with Gasteiger partial charge in [0.25, 0.3) is 0 Å². The predicted molar refractivity (Wildman–Crippen MR) is 260 cm³/mol. The molecule has 302 valence electrons. The number of ether oxygens (including phenoxy) is 2. The zero-order chi connectivity index (χ0) is 42.1. The van der Waals surface area contributed by atoms with Crippen LogP contribution in [0.3, 0.4) is 0 Å². The smallest absolute Gasteiger partial charge is 0.159 e. The van der Waals surface area contributed by atoms with E-state index in [0.717, 1.165) is 117 Å². The minimum atomic E-state index is 0.707. The van der Waals surface area contributed by atoms with Gasteiger partial charge in [-0.1, -0.05) is 115 Å². The summed E-state index contributed by atoms with van der Waals surface area (Å²) in [5, 5.41) is 6.29. The number of fused-ring (bicyclic) bond motifs is 8. The van der Waals surface area contributed by atoms with E-state index >= 15 is 0 Å². The highest BCUT2D eigenvalue weighted by atomic mass is 16.5. The Morgan fingerprint density at radius 2 is 0.859 bits per heavy atom. The van der Waals surface area contributed by atoms with Crippen molar-refractivity contribution in [3.05, 3.63) is 218 Å². The van der Waals surface area contributed by atoms with E-state index in [1.54, 1.807) is 0 Å². The Labute approximate surface area is 368 Å². The largest absolute Gasteiger partial charge is 0.457 e. The lowest BCUT2D eigenvalue weighted by Gasteiger charge is -2.28. The summed E-state index contributed by atoms with van der Waals surface area (Å²) < 4.78 is 26.8. The van der Waals surface area contributed by atoms with Crippen molar-refractivity contribution in [2.75, 3.05) is 9.80 Å². The summed E-state index contributed by atoms with van der Waals surface area (Å²) in [4.78, 5) is 4.47. The van der Waals surface area contributed by atoms with Crippen LogP contribution >= 0.6 is 0 Å². The normalized spacial score (nSPS) is 11.9. The number of hydrogen-bond donors (Lipinski definition) is 0. The van der Waals surface area contributed by atoms with E-state index < -0.39 is 0 Å². The van der Waals surface area contributed by atoms with Crippen LogP contribution in [0.25, 0.3) is 65.8 Å². The maximum absolute atomic E-state index is 6.84. The first kappa shape index (κ1) is 36.0. The average molecular weight is 825 g/mol. The van der Waals surface area contributed by atoms with Crippen LogP contribution in [0.2, 0.25) is 0 Å². The summed E-state index contributed by atoms with van der Waals surface area (Å²) in [5.74, 6) is 2.99. The number of rotatable bonds is 8. The number of furan rings is 2. The van der Waals surface area contributed by atoms with Gasteiger partial charge in [0.2, 0.25) is 0 Å². The van der Waals surface area contributed by atoms with Crippen molar-refractivity contribution in [2.45, 2.75) is 0 Å². The van der Waals surface area contributed by atoms with Crippen LogP contribution in [-0.4, -0.2) is 0 Å². The van der Waals surface area contributed by atoms with Crippen molar-refractivity contribution >= 4 is 88.8 Å². The quantitative estimate of drug-likeness (QED) is 0.152. The number of benzene rings is 10. The molecule has 0 bridgehead atoms. The van der Waals surface area contributed by atoms with Crippen molar-refractivity contribution in [1.29, 1.82) is 0 Å². The van der Waals surface area contributed by atoms with Crippen LogP contribution in [0.15, 0.2) is 227 Å². The van der Waals surface area contributed by atoms with Crippen LogP contribution in [0.1, 0.15) is 0 Å². The van der Waals surface area contributed by atoms with Gasteiger partial charge in [-0.25, -0.2) is 0 Å². The molecular formula is C58H36N2O4. The van der Waals surface area contributed by atoms with Gasteiger partial charge in [0.15, 0.2) is 11.2 Å². The predicted octanol–water partition coefficient (Wildman–Crippen LogP) is 17.1. The lowest BCUT2D eigenvalue weighted by atomic mass is 9.94. The van der Waals surface area contributed by atoms with Crippen LogP contribution in [0, 0.1) is 0 Å². The molecular weight excluding hydrogens is 789 g/mol. The van der Waals surface area contributed by atoms with Crippen molar-refractivity contribution in [1.82, 2.24) is 0 Å². The van der Waals surface area contributed by atoms with Crippen molar-refractivity contribution in [3.8, 4) is 34.1 Å². The Bertz CT molecular complexity index is 3760. The third-order valence-electron chi connectivity index (χ3n) is 12.3. The minimum Gasteiger partial charge on any atom is -0.457 e. The molecule has 13 rings (SSSR count). The van der Waals surface area contributed by atoms with Crippen molar-refractivity contribution < 1.29 is 18.3 Å². The van der Waals surface area contributed by atoms with Gasteiger partial charge in [-0.05, 0) is 96.6 Å². The summed E-state index contributed by atoms with van der Waals surface area (Å²) in [6, 6.07) is 74.9. The molecule has 10 aromatic carbocycles. The molecule has 1 aliphatic rings. The van der Waals surface area contributed by atoms with Gasteiger partial charge in [-0.2, -0.15) is 0 Å². The summed E-state index contributed by atoms with van der Waals surface area (Å²) in [5.41, 5.74) is 11.3. The highest BCUT2D eigenvalue weighted by Crippen LogP contribution is 2.52. The highest BCUT2D eigenvalue weighted by molar-refractivity contribution is 6.12. The number of anilines is 6. The molecule has 12 aromatic rings. The fourth-order valence-corrected chi connectivity index (χ4v) is 9.46. The Hall–Kier alpha value is -8.74. The van der Waals surface area contributed by atoms with Crippen LogP contribution < -0.4 is 19.3 Å². The Morgan fingerprint density at radius 1 is 0.344 bits per heavy atom. The molecule has 0 fully saturated rings. The Morgan fingerprint density at radius 3 is 1.52 bits per heavy atom. The second-order valence-electron chi connectivity index (χ2n) is 16.0. The van der Waals surface area contributed by atoms with Gasteiger partial charge >= 0.3 is 0 Å². The molecule has 0 aliphatic carbocycles. The van der Waals surface area contributed by atoms with E-state index in [1.807, 2.05) is 60.7 Å². The zero-order valence-electron chi connectivity index (χ0n) is 34.3. The van der Waals surface area contributed by atoms with E-state index in [0.29, 0.717) is 5.75 Å². The lowest BCUT2D eigenvalue weighted by molar-refractivity contribution is 0.481. The molecule has 2 aromatic heterocycles. The lowest BCUT2D eigenvalue weighted by Crippen LogP contribution is -2.10. The molecule has 0 saturated carbocycles. The maximum Gasteiger partial charge on any atom is 0.159 e. The van der Waals surface area contributed by atoms with Crippen molar-refractivity contribution in [3.63, 3.8) is 0 Å². The summed E-state index contributed by atoms with van der Waals surface area (Å²) >= 11 is 0. The second kappa shape index (κ2) is 14.4. The second-order valence-corrected chi connectivity index (χ2v) is 16.0. The molecule has 6 heteroatoms. The van der Waals surface area contributed by atoms with Gasteiger partial charge in [-0.3, -0.25) is 0 Å². The van der Waals surface area contributed by atoms with E-state index in [-0.39, 0.29) is 0 Å². The third kappa shape index (κ3) is 5.73. The van der Waals surface area contributed by atoms with E-state index in [2.05, 4.69) is 168 Å². The molecule has 0 radical (unpaired) electrons. The molecule has 0 spiro atoms. The molecule has 64 heavy (non-hydrogen) atoms. The zero-order valence-corrected chi connectivity index (χ0v) is 34.3. The van der Waals surface area contributed by atoms with Crippen LogP contribution in [0.4, 0.5) is 34.1 Å². The molecule has 1 aliphatic heterocycles. The molecule has 0 N–H and O–H groups in total. The Balaban J connectivity index is 0.881. The number of para-hydroxylation sites is 6. The first-order chi connectivity index (χ1) is 31.7.